The van der Waals surface area contributed by atoms with Gasteiger partial charge in [0.15, 0.2) is 0 Å². The molecule has 0 saturated heterocycles. The Hall–Kier alpha value is -1.82. The summed E-state index contributed by atoms with van der Waals surface area (Å²) < 4.78 is 0. The summed E-state index contributed by atoms with van der Waals surface area (Å²) in [5, 5.41) is 5.57. The predicted molar refractivity (Wildman–Crippen MR) is 73.9 cm³/mol. The maximum Gasteiger partial charge on any atom is 0.252 e. The zero-order valence-corrected chi connectivity index (χ0v) is 11.5. The molecule has 0 saturated carbocycles. The molecule has 4 N–H and O–H groups in total. The highest BCUT2D eigenvalue weighted by Crippen LogP contribution is 2.16. The number of rotatable bonds is 6. The van der Waals surface area contributed by atoms with Gasteiger partial charge in [0.25, 0.3) is 5.91 Å². The predicted octanol–water partition coefficient (Wildman–Crippen LogP) is 0.963. The molecule has 1 aromatic heterocycles. The lowest BCUT2D eigenvalue weighted by Gasteiger charge is -2.06. The van der Waals surface area contributed by atoms with Crippen LogP contribution in [0.4, 0.5) is 5.82 Å². The number of amides is 2. The molecule has 1 aromatic rings. The highest BCUT2D eigenvalue weighted by Gasteiger charge is 2.09. The number of carbonyl (C=O) groups excluding carboxylic acids is 2. The Bertz CT molecular complexity index is 465. The molecular weight excluding hydrogens is 268 g/mol. The number of nitrogens with one attached hydrogen (secondary N) is 2. The Morgan fingerprint density at radius 3 is 2.74 bits per heavy atom. The molecule has 0 aliphatic rings. The minimum absolute atomic E-state index is 0.0874. The standard InChI is InChI=1S/C12H17ClN4O2/c1-2-4-15-10(18)3-5-16-12(19)8-6-9(13)11(14)17-7-8/h6-7H,2-5H2,1H3,(H2,14,17)(H,15,18)(H,16,19). The van der Waals surface area contributed by atoms with E-state index in [1.165, 1.54) is 12.3 Å². The molecular formula is C12H17ClN4O2. The van der Waals surface area contributed by atoms with E-state index in [-0.39, 0.29) is 35.6 Å². The second-order valence-corrected chi connectivity index (χ2v) is 4.35. The molecule has 0 spiro atoms. The number of anilines is 1. The topological polar surface area (TPSA) is 97.1 Å². The minimum Gasteiger partial charge on any atom is -0.382 e. The maximum atomic E-state index is 11.7. The van der Waals surface area contributed by atoms with Gasteiger partial charge >= 0.3 is 0 Å². The molecule has 0 aliphatic heterocycles. The monoisotopic (exact) mass is 284 g/mol. The van der Waals surface area contributed by atoms with E-state index in [9.17, 15) is 9.59 Å². The first-order chi connectivity index (χ1) is 9.04. The van der Waals surface area contributed by atoms with Crippen molar-refractivity contribution in [1.82, 2.24) is 15.6 Å². The molecule has 1 rings (SSSR count). The second kappa shape index (κ2) is 7.58. The SMILES string of the molecule is CCCNC(=O)CCNC(=O)c1cnc(N)c(Cl)c1. The van der Waals surface area contributed by atoms with Crippen molar-refractivity contribution in [2.75, 3.05) is 18.8 Å². The van der Waals surface area contributed by atoms with Crippen LogP contribution < -0.4 is 16.4 Å². The molecule has 0 fully saturated rings. The van der Waals surface area contributed by atoms with Crippen molar-refractivity contribution < 1.29 is 9.59 Å². The summed E-state index contributed by atoms with van der Waals surface area (Å²) in [5.74, 6) is -0.245. The van der Waals surface area contributed by atoms with Crippen LogP contribution in [0.25, 0.3) is 0 Å². The van der Waals surface area contributed by atoms with E-state index in [2.05, 4.69) is 15.6 Å². The van der Waals surface area contributed by atoms with Crippen molar-refractivity contribution in [3.8, 4) is 0 Å². The van der Waals surface area contributed by atoms with Crippen molar-refractivity contribution in [3.63, 3.8) is 0 Å². The van der Waals surface area contributed by atoms with Gasteiger partial charge in [-0.1, -0.05) is 18.5 Å². The highest BCUT2D eigenvalue weighted by atomic mass is 35.5. The van der Waals surface area contributed by atoms with Crippen LogP contribution in [0.2, 0.25) is 5.02 Å². The molecule has 0 atom stereocenters. The number of nitrogens with zero attached hydrogens (tertiary/aromatic N) is 1. The van der Waals surface area contributed by atoms with Crippen LogP contribution in [0.5, 0.6) is 0 Å². The number of halogens is 1. The molecule has 0 radical (unpaired) electrons. The molecule has 7 heteroatoms. The van der Waals surface area contributed by atoms with Gasteiger partial charge in [0.2, 0.25) is 5.91 Å². The van der Waals surface area contributed by atoms with Gasteiger partial charge in [0, 0.05) is 25.7 Å². The fourth-order valence-electron chi connectivity index (χ4n) is 1.32. The second-order valence-electron chi connectivity index (χ2n) is 3.95. The van der Waals surface area contributed by atoms with Crippen LogP contribution in [-0.4, -0.2) is 29.9 Å². The summed E-state index contributed by atoms with van der Waals surface area (Å²) in [4.78, 5) is 26.8. The number of hydrogen-bond donors (Lipinski definition) is 3. The van der Waals surface area contributed by atoms with Crippen LogP contribution in [-0.2, 0) is 4.79 Å². The molecule has 6 nitrogen and oxygen atoms in total. The van der Waals surface area contributed by atoms with Gasteiger partial charge in [-0.2, -0.15) is 0 Å². The molecule has 0 aromatic carbocycles. The summed E-state index contributed by atoms with van der Waals surface area (Å²) in [7, 11) is 0. The Labute approximate surface area is 116 Å². The molecule has 2 amide bonds. The molecule has 0 unspecified atom stereocenters. The van der Waals surface area contributed by atoms with E-state index in [4.69, 9.17) is 17.3 Å². The number of pyridine rings is 1. The summed E-state index contributed by atoms with van der Waals surface area (Å²) in [5.41, 5.74) is 5.76. The van der Waals surface area contributed by atoms with Crippen LogP contribution >= 0.6 is 11.6 Å². The molecule has 0 bridgehead atoms. The van der Waals surface area contributed by atoms with Crippen molar-refractivity contribution in [2.45, 2.75) is 19.8 Å². The van der Waals surface area contributed by atoms with Crippen LogP contribution in [0.1, 0.15) is 30.1 Å². The first kappa shape index (κ1) is 15.2. The lowest BCUT2D eigenvalue weighted by Crippen LogP contribution is -2.31. The average Bonchev–Trinajstić information content (AvgIpc) is 2.39. The van der Waals surface area contributed by atoms with E-state index in [0.29, 0.717) is 12.1 Å². The van der Waals surface area contributed by atoms with Crippen LogP contribution in [0.15, 0.2) is 12.3 Å². The minimum atomic E-state index is -0.335. The van der Waals surface area contributed by atoms with Gasteiger partial charge in [0.05, 0.1) is 10.6 Å². The van der Waals surface area contributed by atoms with E-state index in [1.54, 1.807) is 0 Å². The fraction of sp³-hybridized carbons (Fsp3) is 0.417. The van der Waals surface area contributed by atoms with E-state index < -0.39 is 0 Å². The van der Waals surface area contributed by atoms with Crippen LogP contribution in [0.3, 0.4) is 0 Å². The van der Waals surface area contributed by atoms with Gasteiger partial charge in [0.1, 0.15) is 5.82 Å². The molecule has 104 valence electrons. The zero-order valence-electron chi connectivity index (χ0n) is 10.7. The Morgan fingerprint density at radius 2 is 2.11 bits per heavy atom. The molecule has 0 aliphatic carbocycles. The van der Waals surface area contributed by atoms with Gasteiger partial charge in [-0.05, 0) is 12.5 Å². The zero-order chi connectivity index (χ0) is 14.3. The third-order valence-electron chi connectivity index (χ3n) is 2.34. The largest absolute Gasteiger partial charge is 0.382 e. The first-order valence-corrected chi connectivity index (χ1v) is 6.38. The molecule has 1 heterocycles. The smallest absolute Gasteiger partial charge is 0.252 e. The lowest BCUT2D eigenvalue weighted by molar-refractivity contribution is -0.120. The third-order valence-corrected chi connectivity index (χ3v) is 2.64. The van der Waals surface area contributed by atoms with Crippen LogP contribution in [0, 0.1) is 0 Å². The van der Waals surface area contributed by atoms with Gasteiger partial charge < -0.3 is 16.4 Å². The quantitative estimate of drug-likeness (QED) is 0.725. The summed E-state index contributed by atoms with van der Waals surface area (Å²) in [6.45, 7) is 2.88. The van der Waals surface area contributed by atoms with E-state index in [0.717, 1.165) is 6.42 Å². The summed E-state index contributed by atoms with van der Waals surface area (Å²) in [6, 6.07) is 1.44. The Kier molecular flexibility index (Phi) is 6.08. The van der Waals surface area contributed by atoms with Gasteiger partial charge in [-0.3, -0.25) is 9.59 Å². The normalized spacial score (nSPS) is 10.0. The Balaban J connectivity index is 2.39. The lowest BCUT2D eigenvalue weighted by atomic mass is 10.2. The fourth-order valence-corrected chi connectivity index (χ4v) is 1.48. The number of aromatic nitrogens is 1. The number of hydrogen-bond acceptors (Lipinski definition) is 4. The van der Waals surface area contributed by atoms with Crippen molar-refractivity contribution in [1.29, 1.82) is 0 Å². The summed E-state index contributed by atoms with van der Waals surface area (Å²) >= 11 is 5.77. The number of carbonyl (C=O) groups is 2. The average molecular weight is 285 g/mol. The van der Waals surface area contributed by atoms with Gasteiger partial charge in [-0.25, -0.2) is 4.98 Å². The highest BCUT2D eigenvalue weighted by molar-refractivity contribution is 6.33. The van der Waals surface area contributed by atoms with E-state index in [1.807, 2.05) is 6.92 Å². The third kappa shape index (κ3) is 5.13. The van der Waals surface area contributed by atoms with Crippen molar-refractivity contribution in [3.05, 3.63) is 22.8 Å². The van der Waals surface area contributed by atoms with Crippen molar-refractivity contribution >= 4 is 29.2 Å². The number of nitrogen functional groups attached to an aromatic ring is 1. The maximum absolute atomic E-state index is 11.7. The molecule has 19 heavy (non-hydrogen) atoms. The first-order valence-electron chi connectivity index (χ1n) is 6.00. The summed E-state index contributed by atoms with van der Waals surface area (Å²) in [6.07, 6.45) is 2.46. The van der Waals surface area contributed by atoms with E-state index >= 15 is 0 Å². The van der Waals surface area contributed by atoms with Crippen molar-refractivity contribution in [2.24, 2.45) is 0 Å². The Morgan fingerprint density at radius 1 is 1.37 bits per heavy atom. The van der Waals surface area contributed by atoms with Gasteiger partial charge in [-0.15, -0.1) is 0 Å². The number of nitrogens with two attached hydrogens (primary N) is 1.